The van der Waals surface area contributed by atoms with E-state index in [1.165, 1.54) is 38.9 Å². The Morgan fingerprint density at radius 3 is 2.55 bits per heavy atom. The standard InChI is InChI=1S/C8H15IN2/c1-10-5-2-3-8(10)4-6-11(9)7-8/h2-7H2,1H3. The molecule has 2 nitrogen and oxygen atoms in total. The summed E-state index contributed by atoms with van der Waals surface area (Å²) < 4.78 is 2.43. The molecule has 2 aliphatic heterocycles. The number of halogens is 1. The minimum atomic E-state index is 0.571. The molecule has 0 aromatic heterocycles. The molecule has 3 heteroatoms. The van der Waals surface area contributed by atoms with Crippen LogP contribution in [0.25, 0.3) is 0 Å². The van der Waals surface area contributed by atoms with Crippen LogP contribution < -0.4 is 0 Å². The minimum Gasteiger partial charge on any atom is -0.299 e. The quantitative estimate of drug-likeness (QED) is 0.484. The van der Waals surface area contributed by atoms with Crippen LogP contribution in [0, 0.1) is 0 Å². The highest BCUT2D eigenvalue weighted by atomic mass is 127. The molecule has 0 amide bonds. The molecule has 0 aliphatic carbocycles. The molecule has 2 aliphatic rings. The van der Waals surface area contributed by atoms with E-state index >= 15 is 0 Å². The van der Waals surface area contributed by atoms with Crippen molar-refractivity contribution in [2.45, 2.75) is 24.8 Å². The summed E-state index contributed by atoms with van der Waals surface area (Å²) in [4.78, 5) is 2.56. The first kappa shape index (κ1) is 8.26. The molecule has 0 aromatic carbocycles. The van der Waals surface area contributed by atoms with Gasteiger partial charge in [0.05, 0.1) is 0 Å². The summed E-state index contributed by atoms with van der Waals surface area (Å²) in [5, 5.41) is 0. The summed E-state index contributed by atoms with van der Waals surface area (Å²) >= 11 is 2.45. The third-order valence-electron chi connectivity index (χ3n) is 3.23. The summed E-state index contributed by atoms with van der Waals surface area (Å²) in [6, 6.07) is 0. The van der Waals surface area contributed by atoms with Gasteiger partial charge < -0.3 is 0 Å². The lowest BCUT2D eigenvalue weighted by atomic mass is 9.96. The van der Waals surface area contributed by atoms with Gasteiger partial charge in [-0.2, -0.15) is 0 Å². The van der Waals surface area contributed by atoms with Crippen molar-refractivity contribution in [1.29, 1.82) is 0 Å². The van der Waals surface area contributed by atoms with Crippen molar-refractivity contribution >= 4 is 22.9 Å². The van der Waals surface area contributed by atoms with Crippen molar-refractivity contribution in [3.63, 3.8) is 0 Å². The van der Waals surface area contributed by atoms with Gasteiger partial charge in [0.1, 0.15) is 0 Å². The lowest BCUT2D eigenvalue weighted by molar-refractivity contribution is 0.191. The Kier molecular flexibility index (Phi) is 2.14. The normalized spacial score (nSPS) is 40.9. The average Bonchev–Trinajstić information content (AvgIpc) is 2.46. The Labute approximate surface area is 82.4 Å². The fourth-order valence-electron chi connectivity index (χ4n) is 2.40. The molecule has 0 aromatic rings. The van der Waals surface area contributed by atoms with Crippen molar-refractivity contribution in [2.24, 2.45) is 0 Å². The van der Waals surface area contributed by atoms with E-state index in [0.717, 1.165) is 0 Å². The van der Waals surface area contributed by atoms with Gasteiger partial charge in [-0.25, -0.2) is 3.11 Å². The van der Waals surface area contributed by atoms with Crippen LogP contribution in [0.1, 0.15) is 19.3 Å². The first-order valence-corrected chi connectivity index (χ1v) is 5.31. The van der Waals surface area contributed by atoms with Crippen molar-refractivity contribution in [2.75, 3.05) is 26.7 Å². The molecule has 2 rings (SSSR count). The summed E-state index contributed by atoms with van der Waals surface area (Å²) in [6.45, 7) is 3.87. The van der Waals surface area contributed by atoms with E-state index in [0.29, 0.717) is 5.54 Å². The number of hydrogen-bond acceptors (Lipinski definition) is 2. The van der Waals surface area contributed by atoms with Crippen molar-refractivity contribution in [3.05, 3.63) is 0 Å². The molecule has 2 heterocycles. The Morgan fingerprint density at radius 2 is 2.09 bits per heavy atom. The maximum absolute atomic E-state index is 2.56. The molecule has 1 spiro atoms. The molecule has 2 fully saturated rings. The van der Waals surface area contributed by atoms with Gasteiger partial charge in [-0.15, -0.1) is 0 Å². The lowest BCUT2D eigenvalue weighted by Crippen LogP contribution is -2.42. The smallest absolute Gasteiger partial charge is 0.0354 e. The average molecular weight is 266 g/mol. The maximum Gasteiger partial charge on any atom is 0.0354 e. The molecule has 64 valence electrons. The molecule has 0 bridgehead atoms. The van der Waals surface area contributed by atoms with Crippen LogP contribution in [-0.4, -0.2) is 40.2 Å². The largest absolute Gasteiger partial charge is 0.299 e. The first-order valence-electron chi connectivity index (χ1n) is 4.35. The first-order chi connectivity index (χ1) is 5.23. The van der Waals surface area contributed by atoms with Crippen molar-refractivity contribution in [3.8, 4) is 0 Å². The van der Waals surface area contributed by atoms with Crippen LogP contribution in [0.5, 0.6) is 0 Å². The third-order valence-corrected chi connectivity index (χ3v) is 4.05. The number of rotatable bonds is 0. The Balaban J connectivity index is 2.10. The van der Waals surface area contributed by atoms with Crippen LogP contribution in [-0.2, 0) is 0 Å². The Morgan fingerprint density at radius 1 is 1.27 bits per heavy atom. The number of nitrogens with zero attached hydrogens (tertiary/aromatic N) is 2. The van der Waals surface area contributed by atoms with Crippen LogP contribution in [0.15, 0.2) is 0 Å². The van der Waals surface area contributed by atoms with Gasteiger partial charge in [-0.05, 0) is 32.9 Å². The van der Waals surface area contributed by atoms with Gasteiger partial charge in [-0.1, -0.05) is 0 Å². The van der Waals surface area contributed by atoms with Gasteiger partial charge in [0, 0.05) is 41.5 Å². The fraction of sp³-hybridized carbons (Fsp3) is 1.00. The molecular formula is C8H15IN2. The summed E-state index contributed by atoms with van der Waals surface area (Å²) in [6.07, 6.45) is 4.20. The summed E-state index contributed by atoms with van der Waals surface area (Å²) in [5.74, 6) is 0. The SMILES string of the molecule is CN1CCCC12CCN(I)C2. The van der Waals surface area contributed by atoms with Gasteiger partial charge in [-0.3, -0.25) is 4.90 Å². The minimum absolute atomic E-state index is 0.571. The number of likely N-dealkylation sites (N-methyl/N-ethyl adjacent to an activating group) is 1. The molecule has 11 heavy (non-hydrogen) atoms. The second-order valence-electron chi connectivity index (χ2n) is 3.84. The van der Waals surface area contributed by atoms with Crippen molar-refractivity contribution in [1.82, 2.24) is 8.01 Å². The van der Waals surface area contributed by atoms with Crippen LogP contribution >= 0.6 is 22.9 Å². The monoisotopic (exact) mass is 266 g/mol. The second kappa shape index (κ2) is 2.85. The van der Waals surface area contributed by atoms with Crippen molar-refractivity contribution < 1.29 is 0 Å². The van der Waals surface area contributed by atoms with E-state index in [2.05, 4.69) is 37.9 Å². The molecule has 0 saturated carbocycles. The summed E-state index contributed by atoms with van der Waals surface area (Å²) in [5.41, 5.74) is 0.571. The summed E-state index contributed by atoms with van der Waals surface area (Å²) in [7, 11) is 2.28. The van der Waals surface area contributed by atoms with Crippen LogP contribution in [0.3, 0.4) is 0 Å². The maximum atomic E-state index is 2.56. The van der Waals surface area contributed by atoms with Gasteiger partial charge in [0.2, 0.25) is 0 Å². The van der Waals surface area contributed by atoms with Crippen LogP contribution in [0.2, 0.25) is 0 Å². The van der Waals surface area contributed by atoms with Gasteiger partial charge in [0.15, 0.2) is 0 Å². The predicted molar refractivity (Wildman–Crippen MR) is 54.8 cm³/mol. The highest BCUT2D eigenvalue weighted by Crippen LogP contribution is 2.37. The van der Waals surface area contributed by atoms with E-state index in [4.69, 9.17) is 0 Å². The lowest BCUT2D eigenvalue weighted by Gasteiger charge is -2.31. The van der Waals surface area contributed by atoms with E-state index in [1.54, 1.807) is 0 Å². The Bertz CT molecular complexity index is 162. The zero-order valence-corrected chi connectivity index (χ0v) is 9.17. The highest BCUT2D eigenvalue weighted by molar-refractivity contribution is 14.1. The molecule has 0 radical (unpaired) electrons. The fourth-order valence-corrected chi connectivity index (χ4v) is 3.27. The Hall–Kier alpha value is 0.650. The molecule has 2 saturated heterocycles. The zero-order valence-electron chi connectivity index (χ0n) is 7.02. The number of hydrogen-bond donors (Lipinski definition) is 0. The molecular weight excluding hydrogens is 251 g/mol. The van der Waals surface area contributed by atoms with E-state index in [1.807, 2.05) is 0 Å². The molecule has 1 unspecified atom stereocenters. The van der Waals surface area contributed by atoms with Gasteiger partial charge >= 0.3 is 0 Å². The highest BCUT2D eigenvalue weighted by Gasteiger charge is 2.43. The molecule has 1 atom stereocenters. The van der Waals surface area contributed by atoms with E-state index < -0.39 is 0 Å². The van der Waals surface area contributed by atoms with Gasteiger partial charge in [0.25, 0.3) is 0 Å². The van der Waals surface area contributed by atoms with E-state index in [-0.39, 0.29) is 0 Å². The predicted octanol–water partition coefficient (Wildman–Crippen LogP) is 1.51. The topological polar surface area (TPSA) is 6.48 Å². The van der Waals surface area contributed by atoms with Crippen LogP contribution in [0.4, 0.5) is 0 Å². The van der Waals surface area contributed by atoms with E-state index in [9.17, 15) is 0 Å². The second-order valence-corrected chi connectivity index (χ2v) is 5.21. The third kappa shape index (κ3) is 1.31. The zero-order chi connectivity index (χ0) is 7.90. The molecule has 0 N–H and O–H groups in total. The number of likely N-dealkylation sites (tertiary alicyclic amines) is 1.